The van der Waals surface area contributed by atoms with Gasteiger partial charge in [-0.1, -0.05) is 60.2 Å². The number of anilines is 1. The Morgan fingerprint density at radius 1 is 0.875 bits per heavy atom. The van der Waals surface area contributed by atoms with Crippen LogP contribution >= 0.6 is 12.2 Å². The Bertz CT molecular complexity index is 786. The van der Waals surface area contributed by atoms with Crippen LogP contribution < -0.4 is 10.6 Å². The first kappa shape index (κ1) is 16.1. The summed E-state index contributed by atoms with van der Waals surface area (Å²) in [5, 5.41) is 7.20. The van der Waals surface area contributed by atoms with E-state index in [1.165, 1.54) is 16.7 Å². The van der Waals surface area contributed by atoms with E-state index in [1.54, 1.807) is 12.4 Å². The lowest BCUT2D eigenvalue weighted by Crippen LogP contribution is -2.33. The molecular formula is C20H19N3S. The predicted octanol–water partition coefficient (Wildman–Crippen LogP) is 4.47. The third-order valence-electron chi connectivity index (χ3n) is 3.76. The first-order valence-corrected chi connectivity index (χ1v) is 8.22. The summed E-state index contributed by atoms with van der Waals surface area (Å²) >= 11 is 5.50. The number of thiocarbonyl (C=S) groups is 1. The highest BCUT2D eigenvalue weighted by molar-refractivity contribution is 7.80. The molecule has 0 fully saturated rings. The molecule has 0 aliphatic heterocycles. The number of nitrogens with zero attached hydrogens (tertiary/aromatic N) is 1. The number of hydrogen-bond acceptors (Lipinski definition) is 2. The molecule has 120 valence electrons. The molecule has 2 aromatic carbocycles. The zero-order valence-corrected chi connectivity index (χ0v) is 14.3. The first-order chi connectivity index (χ1) is 11.7. The Kier molecular flexibility index (Phi) is 5.18. The van der Waals surface area contributed by atoms with Crippen LogP contribution in [0.25, 0.3) is 0 Å². The van der Waals surface area contributed by atoms with E-state index in [0.29, 0.717) is 5.11 Å². The Morgan fingerprint density at radius 3 is 2.17 bits per heavy atom. The van der Waals surface area contributed by atoms with Crippen LogP contribution in [0.2, 0.25) is 0 Å². The molecule has 0 radical (unpaired) electrons. The van der Waals surface area contributed by atoms with E-state index in [4.69, 9.17) is 12.2 Å². The monoisotopic (exact) mass is 333 g/mol. The fourth-order valence-corrected chi connectivity index (χ4v) is 2.73. The summed E-state index contributed by atoms with van der Waals surface area (Å²) in [6.07, 6.45) is 3.47. The van der Waals surface area contributed by atoms with E-state index in [1.807, 2.05) is 30.3 Å². The molecule has 0 saturated heterocycles. The van der Waals surface area contributed by atoms with E-state index in [-0.39, 0.29) is 6.04 Å². The molecule has 3 rings (SSSR count). The van der Waals surface area contributed by atoms with Gasteiger partial charge in [-0.2, -0.15) is 0 Å². The summed E-state index contributed by atoms with van der Waals surface area (Å²) in [6.45, 7) is 2.09. The molecule has 0 amide bonds. The maximum absolute atomic E-state index is 5.50. The van der Waals surface area contributed by atoms with Crippen molar-refractivity contribution < 1.29 is 0 Å². The highest BCUT2D eigenvalue weighted by Crippen LogP contribution is 2.22. The van der Waals surface area contributed by atoms with Crippen molar-refractivity contribution in [3.8, 4) is 0 Å². The SMILES string of the molecule is Cc1ccc([C@@H](NC(=S)Nc2ccncc2)c2ccccc2)cc1. The van der Waals surface area contributed by atoms with Gasteiger partial charge < -0.3 is 10.6 Å². The Morgan fingerprint density at radius 2 is 1.50 bits per heavy atom. The number of pyridine rings is 1. The van der Waals surface area contributed by atoms with E-state index < -0.39 is 0 Å². The molecule has 1 aromatic heterocycles. The number of nitrogens with one attached hydrogen (secondary N) is 2. The quantitative estimate of drug-likeness (QED) is 0.691. The van der Waals surface area contributed by atoms with Crippen LogP contribution in [0.15, 0.2) is 79.1 Å². The van der Waals surface area contributed by atoms with Crippen molar-refractivity contribution in [3.63, 3.8) is 0 Å². The normalized spacial score (nSPS) is 11.5. The molecule has 3 nitrogen and oxygen atoms in total. The van der Waals surface area contributed by atoms with Gasteiger partial charge in [-0.25, -0.2) is 0 Å². The van der Waals surface area contributed by atoms with Gasteiger partial charge in [0.05, 0.1) is 6.04 Å². The zero-order valence-electron chi connectivity index (χ0n) is 13.4. The van der Waals surface area contributed by atoms with Crippen LogP contribution in [0.4, 0.5) is 5.69 Å². The van der Waals surface area contributed by atoms with Crippen molar-refractivity contribution >= 4 is 23.0 Å². The lowest BCUT2D eigenvalue weighted by atomic mass is 9.98. The van der Waals surface area contributed by atoms with Gasteiger partial charge in [0.25, 0.3) is 0 Å². The van der Waals surface area contributed by atoms with Gasteiger partial charge in [0, 0.05) is 18.1 Å². The van der Waals surface area contributed by atoms with Gasteiger partial charge in [-0.3, -0.25) is 4.98 Å². The molecule has 0 saturated carbocycles. The van der Waals surface area contributed by atoms with Crippen LogP contribution in [0.1, 0.15) is 22.7 Å². The van der Waals surface area contributed by atoms with Gasteiger partial charge in [-0.05, 0) is 42.4 Å². The predicted molar refractivity (Wildman–Crippen MR) is 103 cm³/mol. The van der Waals surface area contributed by atoms with Crippen LogP contribution in [0, 0.1) is 6.92 Å². The zero-order chi connectivity index (χ0) is 16.8. The van der Waals surface area contributed by atoms with E-state index >= 15 is 0 Å². The third kappa shape index (κ3) is 4.18. The van der Waals surface area contributed by atoms with Crippen molar-refractivity contribution in [1.29, 1.82) is 0 Å². The number of benzene rings is 2. The second-order valence-electron chi connectivity index (χ2n) is 5.59. The molecule has 0 bridgehead atoms. The fourth-order valence-electron chi connectivity index (χ4n) is 2.50. The largest absolute Gasteiger partial charge is 0.352 e. The van der Waals surface area contributed by atoms with Crippen molar-refractivity contribution in [2.24, 2.45) is 0 Å². The number of aryl methyl sites for hydroxylation is 1. The van der Waals surface area contributed by atoms with Crippen LogP contribution in [0.5, 0.6) is 0 Å². The average molecular weight is 333 g/mol. The second-order valence-corrected chi connectivity index (χ2v) is 6.00. The van der Waals surface area contributed by atoms with E-state index in [2.05, 4.69) is 58.9 Å². The number of hydrogen-bond donors (Lipinski definition) is 2. The Balaban J connectivity index is 1.82. The van der Waals surface area contributed by atoms with E-state index in [0.717, 1.165) is 5.69 Å². The molecular weight excluding hydrogens is 314 g/mol. The molecule has 0 aliphatic rings. The maximum Gasteiger partial charge on any atom is 0.171 e. The number of rotatable bonds is 4. The van der Waals surface area contributed by atoms with Crippen molar-refractivity contribution in [3.05, 3.63) is 95.8 Å². The smallest absolute Gasteiger partial charge is 0.171 e. The minimum Gasteiger partial charge on any atom is -0.352 e. The Labute approximate surface area is 147 Å². The average Bonchev–Trinajstić information content (AvgIpc) is 2.62. The lowest BCUT2D eigenvalue weighted by Gasteiger charge is -2.22. The second kappa shape index (κ2) is 7.70. The molecule has 4 heteroatoms. The third-order valence-corrected chi connectivity index (χ3v) is 3.98. The highest BCUT2D eigenvalue weighted by atomic mass is 32.1. The molecule has 3 aromatic rings. The fraction of sp³-hybridized carbons (Fsp3) is 0.100. The summed E-state index contributed by atoms with van der Waals surface area (Å²) in [7, 11) is 0. The molecule has 1 heterocycles. The molecule has 2 N–H and O–H groups in total. The molecule has 24 heavy (non-hydrogen) atoms. The maximum atomic E-state index is 5.50. The van der Waals surface area contributed by atoms with Gasteiger partial charge >= 0.3 is 0 Å². The summed E-state index contributed by atoms with van der Waals surface area (Å²) < 4.78 is 0. The summed E-state index contributed by atoms with van der Waals surface area (Å²) in [4.78, 5) is 4.01. The first-order valence-electron chi connectivity index (χ1n) is 7.81. The van der Waals surface area contributed by atoms with E-state index in [9.17, 15) is 0 Å². The van der Waals surface area contributed by atoms with Crippen LogP contribution in [-0.4, -0.2) is 10.1 Å². The summed E-state index contributed by atoms with van der Waals surface area (Å²) in [5.74, 6) is 0. The van der Waals surface area contributed by atoms with Crippen molar-refractivity contribution in [1.82, 2.24) is 10.3 Å². The summed E-state index contributed by atoms with van der Waals surface area (Å²) in [6, 6.07) is 22.6. The topological polar surface area (TPSA) is 37.0 Å². The highest BCUT2D eigenvalue weighted by Gasteiger charge is 2.15. The van der Waals surface area contributed by atoms with Gasteiger partial charge in [0.2, 0.25) is 0 Å². The van der Waals surface area contributed by atoms with Crippen LogP contribution in [0.3, 0.4) is 0 Å². The van der Waals surface area contributed by atoms with Gasteiger partial charge in [0.1, 0.15) is 0 Å². The number of aromatic nitrogens is 1. The van der Waals surface area contributed by atoms with Crippen molar-refractivity contribution in [2.45, 2.75) is 13.0 Å². The van der Waals surface area contributed by atoms with Crippen molar-refractivity contribution in [2.75, 3.05) is 5.32 Å². The molecule has 0 aliphatic carbocycles. The Hall–Kier alpha value is -2.72. The molecule has 0 unspecified atom stereocenters. The standard InChI is InChI=1S/C20H19N3S/c1-15-7-9-17(10-8-15)19(16-5-3-2-4-6-16)23-20(24)22-18-11-13-21-14-12-18/h2-14,19H,1H3,(H2,21,22,23,24)/t19-/m0/s1. The lowest BCUT2D eigenvalue weighted by molar-refractivity contribution is 0.768. The van der Waals surface area contributed by atoms with Crippen LogP contribution in [-0.2, 0) is 0 Å². The molecule has 1 atom stereocenters. The summed E-state index contributed by atoms with van der Waals surface area (Å²) in [5.41, 5.74) is 4.49. The van der Waals surface area contributed by atoms with Gasteiger partial charge in [0.15, 0.2) is 5.11 Å². The molecule has 0 spiro atoms. The van der Waals surface area contributed by atoms with Gasteiger partial charge in [-0.15, -0.1) is 0 Å². The minimum absolute atomic E-state index is 0.00589. The minimum atomic E-state index is -0.00589.